The van der Waals surface area contributed by atoms with Gasteiger partial charge in [0, 0.05) is 0 Å². The lowest BCUT2D eigenvalue weighted by Gasteiger charge is -1.87. The first-order valence-corrected chi connectivity index (χ1v) is 3.77. The number of aromatic nitrogens is 4. The molecule has 0 aliphatic rings. The highest BCUT2D eigenvalue weighted by molar-refractivity contribution is 5.62. The van der Waals surface area contributed by atoms with Gasteiger partial charge in [0.2, 0.25) is 0 Å². The SMILES string of the molecule is C=C(C)c1cc2c(=O)[nH]ncn2n1. The summed E-state index contributed by atoms with van der Waals surface area (Å²) in [5.74, 6) is 0. The van der Waals surface area contributed by atoms with Gasteiger partial charge in [-0.2, -0.15) is 10.2 Å². The van der Waals surface area contributed by atoms with Crippen LogP contribution in [0.3, 0.4) is 0 Å². The molecule has 0 radical (unpaired) electrons. The Morgan fingerprint density at radius 3 is 3.08 bits per heavy atom. The van der Waals surface area contributed by atoms with E-state index in [0.717, 1.165) is 5.57 Å². The number of aromatic amines is 1. The lowest BCUT2D eigenvalue weighted by molar-refractivity contribution is 0.842. The van der Waals surface area contributed by atoms with Gasteiger partial charge in [-0.3, -0.25) is 4.79 Å². The Balaban J connectivity index is 2.83. The second-order valence-corrected chi connectivity index (χ2v) is 2.83. The summed E-state index contributed by atoms with van der Waals surface area (Å²) in [5, 5.41) is 10.1. The van der Waals surface area contributed by atoms with Crippen molar-refractivity contribution in [2.45, 2.75) is 6.92 Å². The molecule has 0 fully saturated rings. The van der Waals surface area contributed by atoms with Gasteiger partial charge in [-0.05, 0) is 18.6 Å². The average Bonchev–Trinajstić information content (AvgIpc) is 2.49. The normalized spacial score (nSPS) is 10.5. The molecule has 0 amide bonds. The van der Waals surface area contributed by atoms with E-state index in [0.29, 0.717) is 11.2 Å². The van der Waals surface area contributed by atoms with Gasteiger partial charge in [0.1, 0.15) is 11.8 Å². The van der Waals surface area contributed by atoms with Crippen LogP contribution in [0.15, 0.2) is 23.8 Å². The van der Waals surface area contributed by atoms with Crippen LogP contribution >= 0.6 is 0 Å². The number of nitrogens with zero attached hydrogens (tertiary/aromatic N) is 3. The first kappa shape index (κ1) is 7.72. The van der Waals surface area contributed by atoms with E-state index < -0.39 is 0 Å². The number of nitrogens with one attached hydrogen (secondary N) is 1. The largest absolute Gasteiger partial charge is 0.290 e. The van der Waals surface area contributed by atoms with E-state index in [2.05, 4.69) is 21.9 Å². The molecule has 0 unspecified atom stereocenters. The first-order valence-electron chi connectivity index (χ1n) is 3.77. The van der Waals surface area contributed by atoms with Gasteiger partial charge < -0.3 is 0 Å². The van der Waals surface area contributed by atoms with Crippen LogP contribution in [0, 0.1) is 0 Å². The molecular weight excluding hydrogens is 168 g/mol. The molecule has 0 bridgehead atoms. The molecule has 5 heteroatoms. The quantitative estimate of drug-likeness (QED) is 0.686. The van der Waals surface area contributed by atoms with Crippen molar-refractivity contribution in [3.8, 4) is 0 Å². The standard InChI is InChI=1S/C8H8N4O/c1-5(2)6-3-7-8(13)10-9-4-12(7)11-6/h3-4H,1H2,2H3,(H,10,13). The third-order valence-electron chi connectivity index (χ3n) is 1.74. The third-order valence-corrected chi connectivity index (χ3v) is 1.74. The van der Waals surface area contributed by atoms with E-state index in [1.165, 1.54) is 10.8 Å². The van der Waals surface area contributed by atoms with Crippen molar-refractivity contribution in [2.24, 2.45) is 0 Å². The second-order valence-electron chi connectivity index (χ2n) is 2.83. The minimum atomic E-state index is -0.248. The molecule has 2 aromatic heterocycles. The van der Waals surface area contributed by atoms with E-state index in [1.807, 2.05) is 6.92 Å². The Hall–Kier alpha value is -1.91. The zero-order valence-electron chi connectivity index (χ0n) is 7.11. The Morgan fingerprint density at radius 2 is 2.46 bits per heavy atom. The molecule has 0 saturated heterocycles. The number of H-pyrrole nitrogens is 1. The number of hydrogen-bond donors (Lipinski definition) is 1. The summed E-state index contributed by atoms with van der Waals surface area (Å²) in [4.78, 5) is 11.2. The zero-order chi connectivity index (χ0) is 9.42. The van der Waals surface area contributed by atoms with Crippen LogP contribution in [0.5, 0.6) is 0 Å². The third kappa shape index (κ3) is 1.14. The molecule has 0 aromatic carbocycles. The molecular formula is C8H8N4O. The predicted octanol–water partition coefficient (Wildman–Crippen LogP) is 0.451. The van der Waals surface area contributed by atoms with E-state index >= 15 is 0 Å². The Morgan fingerprint density at radius 1 is 1.69 bits per heavy atom. The molecule has 0 atom stereocenters. The highest BCUT2D eigenvalue weighted by Gasteiger charge is 2.04. The van der Waals surface area contributed by atoms with E-state index in [9.17, 15) is 4.79 Å². The summed E-state index contributed by atoms with van der Waals surface area (Å²) < 4.78 is 1.43. The molecule has 66 valence electrons. The van der Waals surface area contributed by atoms with Crippen LogP contribution in [0.25, 0.3) is 11.1 Å². The highest BCUT2D eigenvalue weighted by Crippen LogP contribution is 2.09. The van der Waals surface area contributed by atoms with Crippen LogP contribution in [0.4, 0.5) is 0 Å². The average molecular weight is 176 g/mol. The predicted molar refractivity (Wildman–Crippen MR) is 48.3 cm³/mol. The summed E-state index contributed by atoms with van der Waals surface area (Å²) in [7, 11) is 0. The van der Waals surface area contributed by atoms with Gasteiger partial charge in [0.25, 0.3) is 5.56 Å². The lowest BCUT2D eigenvalue weighted by atomic mass is 10.2. The van der Waals surface area contributed by atoms with Gasteiger partial charge in [-0.1, -0.05) is 6.58 Å². The van der Waals surface area contributed by atoms with Crippen molar-refractivity contribution < 1.29 is 0 Å². The van der Waals surface area contributed by atoms with Crippen LogP contribution in [0.1, 0.15) is 12.6 Å². The molecule has 2 rings (SSSR count). The van der Waals surface area contributed by atoms with Crippen molar-refractivity contribution >= 4 is 11.1 Å². The molecule has 2 aromatic rings. The summed E-state index contributed by atoms with van der Waals surface area (Å²) in [5.41, 5.74) is 1.76. The van der Waals surface area contributed by atoms with E-state index in [4.69, 9.17) is 0 Å². The highest BCUT2D eigenvalue weighted by atomic mass is 16.1. The maximum Gasteiger partial charge on any atom is 0.290 e. The fourth-order valence-corrected chi connectivity index (χ4v) is 1.06. The smallest absolute Gasteiger partial charge is 0.266 e. The van der Waals surface area contributed by atoms with Crippen molar-refractivity contribution in [1.82, 2.24) is 19.8 Å². The van der Waals surface area contributed by atoms with Crippen molar-refractivity contribution in [3.05, 3.63) is 35.0 Å². The van der Waals surface area contributed by atoms with E-state index in [1.54, 1.807) is 6.07 Å². The zero-order valence-corrected chi connectivity index (χ0v) is 7.11. The van der Waals surface area contributed by atoms with Gasteiger partial charge in [0.05, 0.1) is 5.69 Å². The van der Waals surface area contributed by atoms with Gasteiger partial charge in [0.15, 0.2) is 0 Å². The molecule has 5 nitrogen and oxygen atoms in total. The minimum Gasteiger partial charge on any atom is -0.266 e. The molecule has 0 spiro atoms. The van der Waals surface area contributed by atoms with Crippen molar-refractivity contribution in [3.63, 3.8) is 0 Å². The number of hydrogen-bond acceptors (Lipinski definition) is 3. The lowest BCUT2D eigenvalue weighted by Crippen LogP contribution is -2.10. The fraction of sp³-hybridized carbons (Fsp3) is 0.125. The van der Waals surface area contributed by atoms with Crippen LogP contribution in [-0.4, -0.2) is 19.8 Å². The second kappa shape index (κ2) is 2.55. The fourth-order valence-electron chi connectivity index (χ4n) is 1.06. The first-order chi connectivity index (χ1) is 6.18. The topological polar surface area (TPSA) is 63.0 Å². The number of rotatable bonds is 1. The summed E-state index contributed by atoms with van der Waals surface area (Å²) in [6, 6.07) is 1.68. The maximum absolute atomic E-state index is 11.2. The molecule has 0 saturated carbocycles. The van der Waals surface area contributed by atoms with Crippen molar-refractivity contribution in [1.29, 1.82) is 0 Å². The van der Waals surface area contributed by atoms with Crippen LogP contribution < -0.4 is 5.56 Å². The summed E-state index contributed by atoms with van der Waals surface area (Å²) in [6.07, 6.45) is 1.45. The van der Waals surface area contributed by atoms with Crippen LogP contribution in [0.2, 0.25) is 0 Å². The Bertz CT molecular complexity index is 522. The minimum absolute atomic E-state index is 0.248. The van der Waals surface area contributed by atoms with Gasteiger partial charge in [-0.25, -0.2) is 9.61 Å². The summed E-state index contributed by atoms with van der Waals surface area (Å²) in [6.45, 7) is 5.58. The number of allylic oxidation sites excluding steroid dienone is 1. The summed E-state index contributed by atoms with van der Waals surface area (Å²) >= 11 is 0. The molecule has 0 aliphatic carbocycles. The molecule has 0 aliphatic heterocycles. The monoisotopic (exact) mass is 176 g/mol. The maximum atomic E-state index is 11.2. The van der Waals surface area contributed by atoms with Crippen LogP contribution in [-0.2, 0) is 0 Å². The van der Waals surface area contributed by atoms with E-state index in [-0.39, 0.29) is 5.56 Å². The molecule has 13 heavy (non-hydrogen) atoms. The molecule has 1 N–H and O–H groups in total. The van der Waals surface area contributed by atoms with Gasteiger partial charge in [-0.15, -0.1) is 0 Å². The Kier molecular flexibility index (Phi) is 1.51. The van der Waals surface area contributed by atoms with Gasteiger partial charge >= 0.3 is 0 Å². The number of fused-ring (bicyclic) bond motifs is 1. The van der Waals surface area contributed by atoms with Crippen molar-refractivity contribution in [2.75, 3.05) is 0 Å². The Labute approximate surface area is 73.7 Å². The molecule has 2 heterocycles.